The number of carbonyl (C=O) groups excluding carboxylic acids is 1. The lowest BCUT2D eigenvalue weighted by Gasteiger charge is -2.09. The summed E-state index contributed by atoms with van der Waals surface area (Å²) in [4.78, 5) is 10.8. The number of hydrogen-bond donors (Lipinski definition) is 0. The molecular formula is C12H14F2O3S. The van der Waals surface area contributed by atoms with Gasteiger partial charge in [-0.15, -0.1) is 0 Å². The van der Waals surface area contributed by atoms with E-state index in [4.69, 9.17) is 0 Å². The number of rotatable bonds is 5. The molecule has 0 aromatic heterocycles. The van der Waals surface area contributed by atoms with Crippen LogP contribution < -0.4 is 0 Å². The van der Waals surface area contributed by atoms with Gasteiger partial charge in [-0.2, -0.15) is 0 Å². The second-order valence-corrected chi connectivity index (χ2v) is 6.07. The van der Waals surface area contributed by atoms with Crippen molar-refractivity contribution in [2.75, 3.05) is 5.75 Å². The molecule has 0 radical (unpaired) electrons. The Morgan fingerprint density at radius 2 is 1.94 bits per heavy atom. The Hall–Kier alpha value is -1.30. The third-order valence-corrected chi connectivity index (χ3v) is 4.37. The maximum absolute atomic E-state index is 13.3. The van der Waals surface area contributed by atoms with Crippen molar-refractivity contribution < 1.29 is 22.0 Å². The first-order chi connectivity index (χ1) is 8.27. The van der Waals surface area contributed by atoms with Crippen LogP contribution in [0.3, 0.4) is 0 Å². The summed E-state index contributed by atoms with van der Waals surface area (Å²) in [7, 11) is -4.13. The Morgan fingerprint density at radius 3 is 2.50 bits per heavy atom. The molecule has 1 rings (SSSR count). The topological polar surface area (TPSA) is 51.2 Å². The molecule has 1 aromatic carbocycles. The molecule has 0 spiro atoms. The minimum atomic E-state index is -4.13. The Balaban J connectivity index is 3.07. The van der Waals surface area contributed by atoms with Gasteiger partial charge >= 0.3 is 0 Å². The van der Waals surface area contributed by atoms with Crippen molar-refractivity contribution in [1.29, 1.82) is 0 Å². The molecule has 0 bridgehead atoms. The monoisotopic (exact) mass is 276 g/mol. The average molecular weight is 276 g/mol. The summed E-state index contributed by atoms with van der Waals surface area (Å²) in [5.41, 5.74) is 0. The zero-order valence-corrected chi connectivity index (χ0v) is 10.9. The fourth-order valence-corrected chi connectivity index (χ4v) is 2.82. The van der Waals surface area contributed by atoms with Crippen LogP contribution in [-0.4, -0.2) is 20.0 Å². The quantitative estimate of drug-likeness (QED) is 0.829. The number of hydrogen-bond acceptors (Lipinski definition) is 3. The van der Waals surface area contributed by atoms with E-state index in [2.05, 4.69) is 0 Å². The SMILES string of the molecule is CCC(C)C(=O)CS(=O)(=O)c1cc(F)ccc1F. The van der Waals surface area contributed by atoms with Gasteiger partial charge in [0.1, 0.15) is 22.3 Å². The van der Waals surface area contributed by atoms with Gasteiger partial charge in [0.05, 0.1) is 0 Å². The summed E-state index contributed by atoms with van der Waals surface area (Å²) in [5.74, 6) is -3.63. The Morgan fingerprint density at radius 1 is 1.33 bits per heavy atom. The highest BCUT2D eigenvalue weighted by Gasteiger charge is 2.25. The molecule has 0 aliphatic heterocycles. The number of ketones is 1. The van der Waals surface area contributed by atoms with Crippen molar-refractivity contribution >= 4 is 15.6 Å². The first-order valence-corrected chi connectivity index (χ1v) is 7.13. The minimum absolute atomic E-state index is 0.420. The molecule has 0 N–H and O–H groups in total. The van der Waals surface area contributed by atoms with Crippen LogP contribution in [0.2, 0.25) is 0 Å². The molecule has 1 unspecified atom stereocenters. The van der Waals surface area contributed by atoms with Gasteiger partial charge in [-0.1, -0.05) is 13.8 Å². The summed E-state index contributed by atoms with van der Waals surface area (Å²) in [6.45, 7) is 3.34. The van der Waals surface area contributed by atoms with E-state index in [0.29, 0.717) is 12.5 Å². The summed E-state index contributed by atoms with van der Waals surface area (Å²) in [6, 6.07) is 2.15. The molecule has 0 heterocycles. The first-order valence-electron chi connectivity index (χ1n) is 5.48. The van der Waals surface area contributed by atoms with Crippen molar-refractivity contribution in [1.82, 2.24) is 0 Å². The third-order valence-electron chi connectivity index (χ3n) is 2.72. The van der Waals surface area contributed by atoms with E-state index >= 15 is 0 Å². The molecule has 18 heavy (non-hydrogen) atoms. The van der Waals surface area contributed by atoms with Crippen LogP contribution in [0.5, 0.6) is 0 Å². The number of sulfone groups is 1. The number of carbonyl (C=O) groups is 1. The standard InChI is InChI=1S/C12H14F2O3S/c1-3-8(2)11(15)7-18(16,17)12-6-9(13)4-5-10(12)14/h4-6,8H,3,7H2,1-2H3. The zero-order chi connectivity index (χ0) is 13.9. The fraction of sp³-hybridized carbons (Fsp3) is 0.417. The maximum Gasteiger partial charge on any atom is 0.188 e. The predicted molar refractivity (Wildman–Crippen MR) is 62.9 cm³/mol. The van der Waals surface area contributed by atoms with Crippen molar-refractivity contribution in [2.24, 2.45) is 5.92 Å². The molecule has 0 aliphatic rings. The molecule has 0 saturated carbocycles. The Kier molecular flexibility index (Phi) is 4.56. The number of benzene rings is 1. The Bertz CT molecular complexity index is 552. The lowest BCUT2D eigenvalue weighted by molar-refractivity contribution is -0.119. The van der Waals surface area contributed by atoms with Crippen LogP contribution in [0, 0.1) is 17.6 Å². The van der Waals surface area contributed by atoms with E-state index in [1.165, 1.54) is 0 Å². The van der Waals surface area contributed by atoms with Gasteiger partial charge in [0.25, 0.3) is 0 Å². The number of Topliss-reactive ketones (excluding diaryl/α,β-unsaturated/α-hetero) is 1. The molecule has 6 heteroatoms. The summed E-state index contributed by atoms with van der Waals surface area (Å²) >= 11 is 0. The molecule has 1 aromatic rings. The molecule has 1 atom stereocenters. The first kappa shape index (κ1) is 14.8. The van der Waals surface area contributed by atoms with Crippen molar-refractivity contribution in [3.63, 3.8) is 0 Å². The van der Waals surface area contributed by atoms with Crippen LogP contribution in [0.1, 0.15) is 20.3 Å². The second kappa shape index (κ2) is 5.56. The molecule has 100 valence electrons. The van der Waals surface area contributed by atoms with E-state index < -0.39 is 43.8 Å². The van der Waals surface area contributed by atoms with Gasteiger partial charge in [-0.05, 0) is 24.6 Å². The van der Waals surface area contributed by atoms with E-state index in [1.54, 1.807) is 13.8 Å². The normalized spacial score (nSPS) is 13.3. The Labute approximate surface area is 105 Å². The van der Waals surface area contributed by atoms with E-state index in [1.807, 2.05) is 0 Å². The molecular weight excluding hydrogens is 262 g/mol. The van der Waals surface area contributed by atoms with Gasteiger partial charge < -0.3 is 0 Å². The van der Waals surface area contributed by atoms with Gasteiger partial charge in [0.2, 0.25) is 0 Å². The average Bonchev–Trinajstić information content (AvgIpc) is 2.30. The molecule has 0 amide bonds. The summed E-state index contributed by atoms with van der Waals surface area (Å²) in [6.07, 6.45) is 0.500. The van der Waals surface area contributed by atoms with Crippen LogP contribution >= 0.6 is 0 Å². The lowest BCUT2D eigenvalue weighted by atomic mass is 10.1. The third kappa shape index (κ3) is 3.35. The van der Waals surface area contributed by atoms with Crippen LogP contribution in [-0.2, 0) is 14.6 Å². The lowest BCUT2D eigenvalue weighted by Crippen LogP contribution is -2.22. The maximum atomic E-state index is 13.3. The molecule has 0 saturated heterocycles. The van der Waals surface area contributed by atoms with Crippen molar-refractivity contribution in [2.45, 2.75) is 25.2 Å². The van der Waals surface area contributed by atoms with Gasteiger partial charge in [0, 0.05) is 5.92 Å². The molecule has 0 aliphatic carbocycles. The largest absolute Gasteiger partial charge is 0.298 e. The fourth-order valence-electron chi connectivity index (χ4n) is 1.35. The van der Waals surface area contributed by atoms with Crippen LogP contribution in [0.15, 0.2) is 23.1 Å². The zero-order valence-electron chi connectivity index (χ0n) is 10.1. The van der Waals surface area contributed by atoms with Gasteiger partial charge in [-0.3, -0.25) is 4.79 Å². The predicted octanol–water partition coefficient (Wildman–Crippen LogP) is 2.35. The molecule has 0 fully saturated rings. The van der Waals surface area contributed by atoms with Crippen molar-refractivity contribution in [3.8, 4) is 0 Å². The van der Waals surface area contributed by atoms with E-state index in [0.717, 1.165) is 12.1 Å². The van der Waals surface area contributed by atoms with Gasteiger partial charge in [-0.25, -0.2) is 17.2 Å². The highest BCUT2D eigenvalue weighted by atomic mass is 32.2. The smallest absolute Gasteiger partial charge is 0.188 e. The van der Waals surface area contributed by atoms with Crippen LogP contribution in [0.4, 0.5) is 8.78 Å². The molecule has 3 nitrogen and oxygen atoms in total. The van der Waals surface area contributed by atoms with E-state index in [-0.39, 0.29) is 0 Å². The number of halogens is 2. The summed E-state index contributed by atoms with van der Waals surface area (Å²) < 4.78 is 49.9. The highest BCUT2D eigenvalue weighted by Crippen LogP contribution is 2.18. The highest BCUT2D eigenvalue weighted by molar-refractivity contribution is 7.92. The summed E-state index contributed by atoms with van der Waals surface area (Å²) in [5, 5.41) is 0. The van der Waals surface area contributed by atoms with Gasteiger partial charge in [0.15, 0.2) is 15.6 Å². The van der Waals surface area contributed by atoms with Crippen LogP contribution in [0.25, 0.3) is 0 Å². The van der Waals surface area contributed by atoms with Crippen molar-refractivity contribution in [3.05, 3.63) is 29.8 Å². The second-order valence-electron chi connectivity index (χ2n) is 4.11. The minimum Gasteiger partial charge on any atom is -0.298 e. The van der Waals surface area contributed by atoms with E-state index in [9.17, 15) is 22.0 Å².